The Morgan fingerprint density at radius 3 is 2.52 bits per heavy atom. The van der Waals surface area contributed by atoms with Crippen LogP contribution in [-0.4, -0.2) is 0 Å². The molecule has 3 rings (SSSR count). The molecule has 0 bridgehead atoms. The van der Waals surface area contributed by atoms with Crippen LogP contribution >= 0.6 is 11.6 Å². The molecule has 2 aromatic carbocycles. The van der Waals surface area contributed by atoms with Crippen molar-refractivity contribution in [1.29, 1.82) is 0 Å². The van der Waals surface area contributed by atoms with E-state index in [2.05, 4.69) is 38.1 Å². The van der Waals surface area contributed by atoms with E-state index in [0.717, 1.165) is 17.7 Å². The molecule has 21 heavy (non-hydrogen) atoms. The van der Waals surface area contributed by atoms with Crippen LogP contribution in [0.3, 0.4) is 0 Å². The monoisotopic (exact) mass is 301 g/mol. The molecule has 0 saturated heterocycles. The average molecular weight is 302 g/mol. The van der Waals surface area contributed by atoms with Crippen molar-refractivity contribution in [2.24, 2.45) is 5.73 Å². The molecule has 0 amide bonds. The Hall–Kier alpha value is -1.51. The lowest BCUT2D eigenvalue weighted by Crippen LogP contribution is -2.24. The topological polar surface area (TPSA) is 35.2 Å². The van der Waals surface area contributed by atoms with Crippen molar-refractivity contribution < 1.29 is 4.74 Å². The molecule has 1 heterocycles. The maximum atomic E-state index is 6.28. The van der Waals surface area contributed by atoms with Gasteiger partial charge in [-0.3, -0.25) is 0 Å². The Labute approximate surface area is 130 Å². The number of hydrogen-bond acceptors (Lipinski definition) is 2. The molecule has 1 aliphatic rings. The Morgan fingerprint density at radius 2 is 1.86 bits per heavy atom. The van der Waals surface area contributed by atoms with E-state index in [1.165, 1.54) is 11.1 Å². The van der Waals surface area contributed by atoms with Crippen LogP contribution in [0.5, 0.6) is 5.75 Å². The standard InChI is InChI=1S/C18H20ClNO/c1-11(2)12-3-5-13(6-4-12)18-10-16(20)15-9-14(19)7-8-17(15)21-18/h3-9,11,16,18H,10,20H2,1-2H3. The van der Waals surface area contributed by atoms with Gasteiger partial charge in [0.1, 0.15) is 11.9 Å². The second-order valence-corrected chi connectivity index (χ2v) is 6.39. The summed E-state index contributed by atoms with van der Waals surface area (Å²) in [5.74, 6) is 1.38. The highest BCUT2D eigenvalue weighted by Gasteiger charge is 2.27. The van der Waals surface area contributed by atoms with Crippen LogP contribution in [-0.2, 0) is 0 Å². The molecule has 0 saturated carbocycles. The second kappa shape index (κ2) is 5.70. The zero-order valence-electron chi connectivity index (χ0n) is 12.3. The van der Waals surface area contributed by atoms with E-state index in [9.17, 15) is 0 Å². The van der Waals surface area contributed by atoms with Gasteiger partial charge in [-0.25, -0.2) is 0 Å². The molecule has 0 aromatic heterocycles. The number of hydrogen-bond donors (Lipinski definition) is 1. The molecule has 0 fully saturated rings. The summed E-state index contributed by atoms with van der Waals surface area (Å²) in [6.45, 7) is 4.39. The van der Waals surface area contributed by atoms with Crippen molar-refractivity contribution in [1.82, 2.24) is 0 Å². The molecule has 3 heteroatoms. The lowest BCUT2D eigenvalue weighted by Gasteiger charge is -2.30. The van der Waals surface area contributed by atoms with Crippen molar-refractivity contribution in [3.05, 3.63) is 64.2 Å². The van der Waals surface area contributed by atoms with Crippen LogP contribution in [0.25, 0.3) is 0 Å². The predicted octanol–water partition coefficient (Wildman–Crippen LogP) is 4.99. The molecule has 2 nitrogen and oxygen atoms in total. The molecular formula is C18H20ClNO. The molecule has 0 aliphatic carbocycles. The summed E-state index contributed by atoms with van der Waals surface area (Å²) in [6, 6.07) is 14.3. The van der Waals surface area contributed by atoms with E-state index >= 15 is 0 Å². The number of fused-ring (bicyclic) bond motifs is 1. The zero-order chi connectivity index (χ0) is 15.0. The molecule has 2 N–H and O–H groups in total. The first kappa shape index (κ1) is 14.4. The summed E-state index contributed by atoms with van der Waals surface area (Å²) >= 11 is 6.03. The fourth-order valence-electron chi connectivity index (χ4n) is 2.78. The van der Waals surface area contributed by atoms with E-state index in [1.54, 1.807) is 0 Å². The van der Waals surface area contributed by atoms with Gasteiger partial charge in [-0.1, -0.05) is 49.7 Å². The van der Waals surface area contributed by atoms with Gasteiger partial charge in [0.15, 0.2) is 0 Å². The van der Waals surface area contributed by atoms with Gasteiger partial charge in [-0.2, -0.15) is 0 Å². The lowest BCUT2D eigenvalue weighted by atomic mass is 9.92. The Kier molecular flexibility index (Phi) is 3.92. The van der Waals surface area contributed by atoms with E-state index in [4.69, 9.17) is 22.1 Å². The van der Waals surface area contributed by atoms with Crippen molar-refractivity contribution in [3.63, 3.8) is 0 Å². The summed E-state index contributed by atoms with van der Waals surface area (Å²) in [4.78, 5) is 0. The second-order valence-electron chi connectivity index (χ2n) is 5.95. The van der Waals surface area contributed by atoms with E-state index in [1.807, 2.05) is 18.2 Å². The smallest absolute Gasteiger partial charge is 0.126 e. The number of halogens is 1. The van der Waals surface area contributed by atoms with Crippen molar-refractivity contribution in [2.75, 3.05) is 0 Å². The Balaban J connectivity index is 1.86. The number of nitrogens with two attached hydrogens (primary N) is 1. The summed E-state index contributed by atoms with van der Waals surface area (Å²) in [7, 11) is 0. The van der Waals surface area contributed by atoms with Gasteiger partial charge in [-0.05, 0) is 35.2 Å². The first-order valence-corrected chi connectivity index (χ1v) is 7.74. The first-order chi connectivity index (χ1) is 10.0. The summed E-state index contributed by atoms with van der Waals surface area (Å²) in [5, 5.41) is 0.701. The van der Waals surface area contributed by atoms with Gasteiger partial charge >= 0.3 is 0 Å². The zero-order valence-corrected chi connectivity index (χ0v) is 13.1. The third kappa shape index (κ3) is 2.92. The highest BCUT2D eigenvalue weighted by Crippen LogP contribution is 2.40. The van der Waals surface area contributed by atoms with Crippen LogP contribution in [0.4, 0.5) is 0 Å². The Bertz CT molecular complexity index is 636. The predicted molar refractivity (Wildman–Crippen MR) is 86.9 cm³/mol. The van der Waals surface area contributed by atoms with Crippen LogP contribution in [0.2, 0.25) is 5.02 Å². The van der Waals surface area contributed by atoms with Crippen LogP contribution in [0.15, 0.2) is 42.5 Å². The quantitative estimate of drug-likeness (QED) is 0.848. The van der Waals surface area contributed by atoms with E-state index in [-0.39, 0.29) is 12.1 Å². The SMILES string of the molecule is CC(C)c1ccc(C2CC(N)c3cc(Cl)ccc3O2)cc1. The molecule has 110 valence electrons. The lowest BCUT2D eigenvalue weighted by molar-refractivity contribution is 0.161. The van der Waals surface area contributed by atoms with Crippen LogP contribution in [0, 0.1) is 0 Å². The number of rotatable bonds is 2. The Morgan fingerprint density at radius 1 is 1.14 bits per heavy atom. The summed E-state index contributed by atoms with van der Waals surface area (Å²) in [5.41, 5.74) is 9.80. The number of ether oxygens (including phenoxy) is 1. The molecule has 0 spiro atoms. The molecule has 2 unspecified atom stereocenters. The van der Waals surface area contributed by atoms with Crippen molar-refractivity contribution >= 4 is 11.6 Å². The molecule has 2 aromatic rings. The van der Waals surface area contributed by atoms with Gasteiger partial charge in [0.2, 0.25) is 0 Å². The normalized spacial score (nSPS) is 21.0. The maximum absolute atomic E-state index is 6.28. The fourth-order valence-corrected chi connectivity index (χ4v) is 2.96. The van der Waals surface area contributed by atoms with Crippen LogP contribution in [0.1, 0.15) is 55.0 Å². The van der Waals surface area contributed by atoms with Crippen molar-refractivity contribution in [3.8, 4) is 5.75 Å². The summed E-state index contributed by atoms with van der Waals surface area (Å²) in [6.07, 6.45) is 0.781. The fraction of sp³-hybridized carbons (Fsp3) is 0.333. The van der Waals surface area contributed by atoms with E-state index < -0.39 is 0 Å². The van der Waals surface area contributed by atoms with Gasteiger partial charge in [-0.15, -0.1) is 0 Å². The third-order valence-corrected chi connectivity index (χ3v) is 4.32. The van der Waals surface area contributed by atoms with E-state index in [0.29, 0.717) is 10.9 Å². The largest absolute Gasteiger partial charge is 0.485 e. The van der Waals surface area contributed by atoms with Gasteiger partial charge in [0.25, 0.3) is 0 Å². The van der Waals surface area contributed by atoms with Gasteiger partial charge < -0.3 is 10.5 Å². The minimum atomic E-state index is -0.0396. The average Bonchev–Trinajstić information content (AvgIpc) is 2.48. The summed E-state index contributed by atoms with van der Waals surface area (Å²) < 4.78 is 6.11. The first-order valence-electron chi connectivity index (χ1n) is 7.36. The minimum Gasteiger partial charge on any atom is -0.485 e. The molecule has 0 radical (unpaired) electrons. The highest BCUT2D eigenvalue weighted by molar-refractivity contribution is 6.30. The third-order valence-electron chi connectivity index (χ3n) is 4.08. The van der Waals surface area contributed by atoms with Gasteiger partial charge in [0, 0.05) is 23.0 Å². The molecule has 1 aliphatic heterocycles. The molecule has 2 atom stereocenters. The minimum absolute atomic E-state index is 0.00916. The highest BCUT2D eigenvalue weighted by atomic mass is 35.5. The van der Waals surface area contributed by atoms with Crippen LogP contribution < -0.4 is 10.5 Å². The van der Waals surface area contributed by atoms with Crippen molar-refractivity contribution in [2.45, 2.75) is 38.3 Å². The van der Waals surface area contributed by atoms with Gasteiger partial charge in [0.05, 0.1) is 0 Å². The molecular weight excluding hydrogens is 282 g/mol. The number of benzene rings is 2. The maximum Gasteiger partial charge on any atom is 0.126 e.